The summed E-state index contributed by atoms with van der Waals surface area (Å²) in [5.41, 5.74) is 0.692. The molecule has 1 aliphatic heterocycles. The van der Waals surface area contributed by atoms with E-state index in [1.165, 1.54) is 0 Å². The molecule has 0 fully saturated rings. The lowest BCUT2D eigenvalue weighted by molar-refractivity contribution is 0.387. The summed E-state index contributed by atoms with van der Waals surface area (Å²) >= 11 is 0. The van der Waals surface area contributed by atoms with E-state index in [4.69, 9.17) is 13.0 Å². The molecule has 0 atom stereocenters. The SMILES string of the molecule is [B]C1=CC(O)=CN(C)C1. The van der Waals surface area contributed by atoms with Gasteiger partial charge in [-0.05, 0) is 6.08 Å². The van der Waals surface area contributed by atoms with Crippen LogP contribution in [0, 0.1) is 0 Å². The molecule has 0 aromatic heterocycles. The molecule has 0 aromatic carbocycles. The van der Waals surface area contributed by atoms with Gasteiger partial charge in [0.15, 0.2) is 0 Å². The molecule has 2 radical (unpaired) electrons. The predicted molar refractivity (Wildman–Crippen MR) is 37.2 cm³/mol. The third-order valence-electron chi connectivity index (χ3n) is 1.12. The lowest BCUT2D eigenvalue weighted by atomic mass is 9.93. The Balaban J connectivity index is 2.74. The van der Waals surface area contributed by atoms with Crippen molar-refractivity contribution >= 4 is 7.85 Å². The van der Waals surface area contributed by atoms with Crippen molar-refractivity contribution in [2.45, 2.75) is 0 Å². The smallest absolute Gasteiger partial charge is 0.130 e. The minimum atomic E-state index is 0.223. The fraction of sp³-hybridized carbons (Fsp3) is 0.333. The van der Waals surface area contributed by atoms with E-state index >= 15 is 0 Å². The van der Waals surface area contributed by atoms with Crippen LogP contribution in [0.1, 0.15) is 0 Å². The van der Waals surface area contributed by atoms with Crippen LogP contribution in [0.4, 0.5) is 0 Å². The highest BCUT2D eigenvalue weighted by Crippen LogP contribution is 2.05. The number of allylic oxidation sites excluding steroid dienone is 1. The maximum Gasteiger partial charge on any atom is 0.130 e. The van der Waals surface area contributed by atoms with E-state index in [2.05, 4.69) is 0 Å². The van der Waals surface area contributed by atoms with Crippen molar-refractivity contribution in [1.29, 1.82) is 0 Å². The van der Waals surface area contributed by atoms with Crippen LogP contribution in [0.3, 0.4) is 0 Å². The van der Waals surface area contributed by atoms with Gasteiger partial charge in [0, 0.05) is 19.8 Å². The largest absolute Gasteiger partial charge is 0.506 e. The van der Waals surface area contributed by atoms with E-state index in [0.29, 0.717) is 12.0 Å². The predicted octanol–water partition coefficient (Wildman–Crippen LogP) is 0.384. The van der Waals surface area contributed by atoms with Crippen molar-refractivity contribution < 1.29 is 5.11 Å². The number of nitrogens with zero attached hydrogens (tertiary/aromatic N) is 1. The maximum absolute atomic E-state index is 8.91. The molecule has 0 saturated heterocycles. The van der Waals surface area contributed by atoms with Crippen molar-refractivity contribution in [3.05, 3.63) is 23.5 Å². The van der Waals surface area contributed by atoms with Gasteiger partial charge in [-0.3, -0.25) is 0 Å². The number of likely N-dealkylation sites (N-methyl/N-ethyl adjacent to an activating group) is 1. The topological polar surface area (TPSA) is 23.5 Å². The molecular formula is C6H8BNO. The summed E-state index contributed by atoms with van der Waals surface area (Å²) in [7, 11) is 7.29. The summed E-state index contributed by atoms with van der Waals surface area (Å²) in [4.78, 5) is 1.82. The molecular weight excluding hydrogens is 113 g/mol. The normalized spacial score (nSPS) is 19.0. The summed E-state index contributed by atoms with van der Waals surface area (Å²) in [6.45, 7) is 0.698. The van der Waals surface area contributed by atoms with Crippen LogP contribution in [0.5, 0.6) is 0 Å². The fourth-order valence-corrected chi connectivity index (χ4v) is 0.832. The zero-order chi connectivity index (χ0) is 6.85. The van der Waals surface area contributed by atoms with Gasteiger partial charge in [0.2, 0.25) is 0 Å². The Morgan fingerprint density at radius 3 is 2.89 bits per heavy atom. The molecule has 0 saturated carbocycles. The minimum Gasteiger partial charge on any atom is -0.506 e. The summed E-state index contributed by atoms with van der Waals surface area (Å²) < 4.78 is 0. The zero-order valence-corrected chi connectivity index (χ0v) is 5.33. The van der Waals surface area contributed by atoms with Crippen LogP contribution in [-0.4, -0.2) is 31.4 Å². The molecule has 0 unspecified atom stereocenters. The van der Waals surface area contributed by atoms with E-state index in [1.54, 1.807) is 12.3 Å². The lowest BCUT2D eigenvalue weighted by Gasteiger charge is -2.18. The van der Waals surface area contributed by atoms with Gasteiger partial charge in [-0.2, -0.15) is 0 Å². The molecule has 0 aliphatic carbocycles. The molecule has 0 amide bonds. The Morgan fingerprint density at radius 1 is 1.78 bits per heavy atom. The third kappa shape index (κ3) is 1.52. The summed E-state index contributed by atoms with van der Waals surface area (Å²) in [5, 5.41) is 8.91. The van der Waals surface area contributed by atoms with Gasteiger partial charge in [0.1, 0.15) is 13.6 Å². The van der Waals surface area contributed by atoms with Crippen LogP contribution < -0.4 is 0 Å². The van der Waals surface area contributed by atoms with Gasteiger partial charge in [-0.15, -0.1) is 0 Å². The van der Waals surface area contributed by atoms with E-state index in [9.17, 15) is 0 Å². The first-order valence-electron chi connectivity index (χ1n) is 2.75. The molecule has 0 aromatic rings. The van der Waals surface area contributed by atoms with E-state index in [-0.39, 0.29) is 5.76 Å². The zero-order valence-electron chi connectivity index (χ0n) is 5.33. The molecule has 0 spiro atoms. The Hall–Kier alpha value is -0.855. The Labute approximate surface area is 55.9 Å². The average molecular weight is 121 g/mol. The molecule has 1 heterocycles. The number of hydrogen-bond donors (Lipinski definition) is 1. The van der Waals surface area contributed by atoms with Gasteiger partial charge in [0.05, 0.1) is 0 Å². The number of aliphatic hydroxyl groups is 1. The molecule has 9 heavy (non-hydrogen) atoms. The highest BCUT2D eigenvalue weighted by molar-refractivity contribution is 6.22. The van der Waals surface area contributed by atoms with Gasteiger partial charge in [-0.1, -0.05) is 5.47 Å². The number of rotatable bonds is 0. The van der Waals surface area contributed by atoms with Crippen molar-refractivity contribution in [1.82, 2.24) is 4.90 Å². The molecule has 46 valence electrons. The second kappa shape index (κ2) is 2.17. The number of aliphatic hydroxyl groups excluding tert-OH is 1. The van der Waals surface area contributed by atoms with Crippen molar-refractivity contribution in [2.24, 2.45) is 0 Å². The van der Waals surface area contributed by atoms with Gasteiger partial charge >= 0.3 is 0 Å². The van der Waals surface area contributed by atoms with Crippen molar-refractivity contribution in [3.63, 3.8) is 0 Å². The molecule has 2 nitrogen and oxygen atoms in total. The average Bonchev–Trinajstić information content (AvgIpc) is 1.59. The first-order chi connectivity index (χ1) is 4.18. The van der Waals surface area contributed by atoms with Crippen LogP contribution >= 0.6 is 0 Å². The molecule has 1 N–H and O–H groups in total. The molecule has 3 heteroatoms. The van der Waals surface area contributed by atoms with Crippen LogP contribution in [0.2, 0.25) is 0 Å². The summed E-state index contributed by atoms with van der Waals surface area (Å²) in [5.74, 6) is 0.223. The standard InChI is InChI=1S/C6H8BNO/c1-8-3-5(7)2-6(9)4-8/h2,4,9H,3H2,1H3. The summed E-state index contributed by atoms with van der Waals surface area (Å²) in [6, 6.07) is 0. The van der Waals surface area contributed by atoms with E-state index in [0.717, 1.165) is 0 Å². The Kier molecular flexibility index (Phi) is 1.51. The van der Waals surface area contributed by atoms with E-state index < -0.39 is 0 Å². The lowest BCUT2D eigenvalue weighted by Crippen LogP contribution is -2.18. The summed E-state index contributed by atoms with van der Waals surface area (Å²) in [6.07, 6.45) is 3.19. The van der Waals surface area contributed by atoms with Crippen molar-refractivity contribution in [3.8, 4) is 0 Å². The van der Waals surface area contributed by atoms with E-state index in [1.807, 2.05) is 11.9 Å². The van der Waals surface area contributed by atoms with Gasteiger partial charge < -0.3 is 10.0 Å². The third-order valence-corrected chi connectivity index (χ3v) is 1.12. The minimum absolute atomic E-state index is 0.223. The van der Waals surface area contributed by atoms with Crippen LogP contribution in [0.15, 0.2) is 23.5 Å². The maximum atomic E-state index is 8.91. The second-order valence-electron chi connectivity index (χ2n) is 2.19. The van der Waals surface area contributed by atoms with Gasteiger partial charge in [0.25, 0.3) is 0 Å². The first kappa shape index (κ1) is 6.27. The second-order valence-corrected chi connectivity index (χ2v) is 2.19. The monoisotopic (exact) mass is 121 g/mol. The van der Waals surface area contributed by atoms with Crippen molar-refractivity contribution in [2.75, 3.05) is 13.6 Å². The fourth-order valence-electron chi connectivity index (χ4n) is 0.832. The van der Waals surface area contributed by atoms with Crippen LogP contribution in [0.25, 0.3) is 0 Å². The molecule has 1 rings (SSSR count). The van der Waals surface area contributed by atoms with Crippen LogP contribution in [-0.2, 0) is 0 Å². The first-order valence-corrected chi connectivity index (χ1v) is 2.75. The highest BCUT2D eigenvalue weighted by Gasteiger charge is 2.01. The Morgan fingerprint density at radius 2 is 2.44 bits per heavy atom. The van der Waals surface area contributed by atoms with Gasteiger partial charge in [-0.25, -0.2) is 0 Å². The highest BCUT2D eigenvalue weighted by atomic mass is 16.3. The number of hydrogen-bond acceptors (Lipinski definition) is 2. The molecule has 1 aliphatic rings. The Bertz CT molecular complexity index is 174. The quantitative estimate of drug-likeness (QED) is 0.468. The molecule has 0 bridgehead atoms.